The lowest BCUT2D eigenvalue weighted by Gasteiger charge is -2.22. The minimum atomic E-state index is -0.648. The minimum absolute atomic E-state index is 0.322. The van der Waals surface area contributed by atoms with Crippen molar-refractivity contribution < 1.29 is 14.3 Å². The molecule has 0 aromatic heterocycles. The molecule has 0 saturated carbocycles. The van der Waals surface area contributed by atoms with Gasteiger partial charge in [0.2, 0.25) is 0 Å². The van der Waals surface area contributed by atoms with Gasteiger partial charge in [-0.15, -0.1) is 12.3 Å². The van der Waals surface area contributed by atoms with Crippen LogP contribution in [0.25, 0.3) is 0 Å². The first kappa shape index (κ1) is 13.6. The zero-order chi connectivity index (χ0) is 12.9. The van der Waals surface area contributed by atoms with E-state index in [2.05, 4.69) is 12.0 Å². The van der Waals surface area contributed by atoms with Crippen molar-refractivity contribution in [1.29, 1.82) is 0 Å². The summed E-state index contributed by atoms with van der Waals surface area (Å²) >= 11 is 0. The van der Waals surface area contributed by atoms with Crippen molar-refractivity contribution in [2.75, 3.05) is 0 Å². The minimum Gasteiger partial charge on any atom is -0.429 e. The summed E-state index contributed by atoms with van der Waals surface area (Å²) in [4.78, 5) is 11.6. The van der Waals surface area contributed by atoms with Crippen molar-refractivity contribution >= 4 is 6.16 Å². The van der Waals surface area contributed by atoms with Gasteiger partial charge in [0.1, 0.15) is 11.7 Å². The van der Waals surface area contributed by atoms with Crippen molar-refractivity contribution in [3.05, 3.63) is 11.6 Å². The number of hydrogen-bond acceptors (Lipinski definition) is 3. The molecule has 0 N–H and O–H groups in total. The normalized spacial score (nSPS) is 16.9. The zero-order valence-corrected chi connectivity index (χ0v) is 10.8. The second-order valence-corrected chi connectivity index (χ2v) is 5.15. The molecule has 0 fully saturated rings. The topological polar surface area (TPSA) is 35.5 Å². The largest absolute Gasteiger partial charge is 0.509 e. The zero-order valence-electron chi connectivity index (χ0n) is 10.8. The summed E-state index contributed by atoms with van der Waals surface area (Å²) in [5.41, 5.74) is 0.579. The summed E-state index contributed by atoms with van der Waals surface area (Å²) in [6.45, 7) is 5.41. The van der Waals surface area contributed by atoms with Crippen LogP contribution in [-0.2, 0) is 9.47 Å². The first-order valence-electron chi connectivity index (χ1n) is 5.94. The number of rotatable bonds is 3. The molecule has 0 saturated heterocycles. The molecule has 0 heterocycles. The summed E-state index contributed by atoms with van der Waals surface area (Å²) in [6.07, 6.45) is 9.93. The first-order valence-corrected chi connectivity index (χ1v) is 5.94. The van der Waals surface area contributed by atoms with Crippen LogP contribution in [0.5, 0.6) is 0 Å². The molecule has 0 bridgehead atoms. The Morgan fingerprint density at radius 3 is 2.76 bits per heavy atom. The van der Waals surface area contributed by atoms with Crippen LogP contribution in [0.3, 0.4) is 0 Å². The number of carbonyl (C=O) groups is 1. The number of allylic oxidation sites excluding steroid dienone is 1. The van der Waals surface area contributed by atoms with E-state index in [1.54, 1.807) is 20.8 Å². The second kappa shape index (κ2) is 5.77. The number of ether oxygens (including phenoxy) is 2. The summed E-state index contributed by atoms with van der Waals surface area (Å²) in [7, 11) is 0. The van der Waals surface area contributed by atoms with E-state index < -0.39 is 11.8 Å². The molecular weight excluding hydrogens is 216 g/mol. The molecule has 1 rings (SSSR count). The van der Waals surface area contributed by atoms with Crippen LogP contribution in [0.15, 0.2) is 11.6 Å². The SMILES string of the molecule is C#CC[C@@H](OC(=O)OC(C)(C)C)C1=CCCC1. The van der Waals surface area contributed by atoms with E-state index in [0.29, 0.717) is 6.42 Å². The number of carbonyl (C=O) groups excluding carboxylic acids is 1. The van der Waals surface area contributed by atoms with Gasteiger partial charge in [-0.2, -0.15) is 0 Å². The Morgan fingerprint density at radius 1 is 1.59 bits per heavy atom. The van der Waals surface area contributed by atoms with Crippen molar-refractivity contribution in [3.63, 3.8) is 0 Å². The molecule has 1 aliphatic carbocycles. The average Bonchev–Trinajstić information content (AvgIpc) is 2.66. The average molecular weight is 236 g/mol. The molecule has 0 spiro atoms. The fourth-order valence-electron chi connectivity index (χ4n) is 1.73. The predicted octanol–water partition coefficient (Wildman–Crippen LogP) is 3.44. The van der Waals surface area contributed by atoms with Crippen LogP contribution in [0.2, 0.25) is 0 Å². The Labute approximate surface area is 103 Å². The monoisotopic (exact) mass is 236 g/mol. The van der Waals surface area contributed by atoms with Crippen LogP contribution in [0.4, 0.5) is 4.79 Å². The maximum Gasteiger partial charge on any atom is 0.509 e. The summed E-state index contributed by atoms with van der Waals surface area (Å²) in [5.74, 6) is 2.54. The van der Waals surface area contributed by atoms with E-state index >= 15 is 0 Å². The molecule has 0 aliphatic heterocycles. The Bertz CT molecular complexity index is 341. The molecule has 0 radical (unpaired) electrons. The van der Waals surface area contributed by atoms with Crippen molar-refractivity contribution in [3.8, 4) is 12.3 Å². The van der Waals surface area contributed by atoms with Crippen LogP contribution in [0.1, 0.15) is 46.5 Å². The molecule has 3 nitrogen and oxygen atoms in total. The maximum absolute atomic E-state index is 11.6. The van der Waals surface area contributed by atoms with Gasteiger partial charge in [-0.3, -0.25) is 0 Å². The van der Waals surface area contributed by atoms with Crippen molar-refractivity contribution in [1.82, 2.24) is 0 Å². The fourth-order valence-corrected chi connectivity index (χ4v) is 1.73. The molecule has 0 unspecified atom stereocenters. The predicted molar refractivity (Wildman–Crippen MR) is 66.5 cm³/mol. The molecular formula is C14H20O3. The van der Waals surface area contributed by atoms with Gasteiger partial charge < -0.3 is 9.47 Å². The molecule has 0 aromatic carbocycles. The van der Waals surface area contributed by atoms with Crippen molar-refractivity contribution in [2.24, 2.45) is 0 Å². The lowest BCUT2D eigenvalue weighted by molar-refractivity contribution is -0.0196. The van der Waals surface area contributed by atoms with E-state index in [9.17, 15) is 4.79 Å². The maximum atomic E-state index is 11.6. The van der Waals surface area contributed by atoms with Crippen LogP contribution in [0, 0.1) is 12.3 Å². The third kappa shape index (κ3) is 4.95. The van der Waals surface area contributed by atoms with Crippen LogP contribution < -0.4 is 0 Å². The van der Waals surface area contributed by atoms with E-state index in [0.717, 1.165) is 24.8 Å². The fraction of sp³-hybridized carbons (Fsp3) is 0.643. The molecule has 1 aliphatic rings. The molecule has 94 valence electrons. The van der Waals surface area contributed by atoms with Gasteiger partial charge in [0.05, 0.1) is 0 Å². The second-order valence-electron chi connectivity index (χ2n) is 5.15. The van der Waals surface area contributed by atoms with E-state index in [1.807, 2.05) is 0 Å². The van der Waals surface area contributed by atoms with Gasteiger partial charge in [-0.05, 0) is 45.6 Å². The summed E-state index contributed by atoms with van der Waals surface area (Å²) in [6, 6.07) is 0. The van der Waals surface area contributed by atoms with E-state index in [1.165, 1.54) is 0 Å². The van der Waals surface area contributed by atoms with Crippen LogP contribution in [-0.4, -0.2) is 17.9 Å². The van der Waals surface area contributed by atoms with Gasteiger partial charge in [0.25, 0.3) is 0 Å². The summed E-state index contributed by atoms with van der Waals surface area (Å²) < 4.78 is 10.4. The molecule has 1 atom stereocenters. The highest BCUT2D eigenvalue weighted by molar-refractivity contribution is 5.61. The van der Waals surface area contributed by atoms with Gasteiger partial charge >= 0.3 is 6.16 Å². The Morgan fingerprint density at radius 2 is 2.29 bits per heavy atom. The molecule has 3 heteroatoms. The quantitative estimate of drug-likeness (QED) is 0.428. The highest BCUT2D eigenvalue weighted by Gasteiger charge is 2.24. The first-order chi connectivity index (χ1) is 7.92. The van der Waals surface area contributed by atoms with E-state index in [4.69, 9.17) is 15.9 Å². The highest BCUT2D eigenvalue weighted by atomic mass is 16.7. The number of terminal acetylenes is 1. The lowest BCUT2D eigenvalue weighted by atomic mass is 10.1. The smallest absolute Gasteiger partial charge is 0.429 e. The molecule has 0 aromatic rings. The van der Waals surface area contributed by atoms with Gasteiger partial charge in [0.15, 0.2) is 0 Å². The van der Waals surface area contributed by atoms with Crippen LogP contribution >= 0.6 is 0 Å². The Hall–Kier alpha value is -1.43. The lowest BCUT2D eigenvalue weighted by Crippen LogP contribution is -2.28. The van der Waals surface area contributed by atoms with Gasteiger partial charge in [-0.25, -0.2) is 4.79 Å². The third-order valence-electron chi connectivity index (χ3n) is 2.42. The Balaban J connectivity index is 2.55. The van der Waals surface area contributed by atoms with Crippen molar-refractivity contribution in [2.45, 2.75) is 58.2 Å². The Kier molecular flexibility index (Phi) is 4.62. The standard InChI is InChI=1S/C14H20O3/c1-5-8-12(11-9-6-7-10-11)16-13(15)17-14(2,3)4/h1,9,12H,6-8,10H2,2-4H3/t12-/m1/s1. The van der Waals surface area contributed by atoms with E-state index in [-0.39, 0.29) is 6.10 Å². The van der Waals surface area contributed by atoms with Gasteiger partial charge in [-0.1, -0.05) is 6.08 Å². The highest BCUT2D eigenvalue weighted by Crippen LogP contribution is 2.25. The van der Waals surface area contributed by atoms with Gasteiger partial charge in [0, 0.05) is 6.42 Å². The summed E-state index contributed by atoms with van der Waals surface area (Å²) in [5, 5.41) is 0. The molecule has 0 amide bonds. The number of hydrogen-bond donors (Lipinski definition) is 0. The third-order valence-corrected chi connectivity index (χ3v) is 2.42. The molecule has 17 heavy (non-hydrogen) atoms.